The number of nitrogens with one attached hydrogen (secondary N) is 2. The van der Waals surface area contributed by atoms with Crippen LogP contribution >= 0.6 is 0 Å². The molecule has 0 saturated carbocycles. The number of phenols is 1. The van der Waals surface area contributed by atoms with E-state index in [0.717, 1.165) is 24.3 Å². The molecule has 1 heterocycles. The van der Waals surface area contributed by atoms with E-state index in [1.807, 2.05) is 42.5 Å². The first-order valence-electron chi connectivity index (χ1n) is 9.50. The van der Waals surface area contributed by atoms with Crippen LogP contribution in [-0.4, -0.2) is 54.7 Å². The minimum atomic E-state index is -0.522. The minimum Gasteiger partial charge on any atom is -0.508 e. The van der Waals surface area contributed by atoms with E-state index >= 15 is 0 Å². The monoisotopic (exact) mass is 382 g/mol. The van der Waals surface area contributed by atoms with E-state index in [1.165, 1.54) is 0 Å². The van der Waals surface area contributed by atoms with E-state index in [9.17, 15) is 14.7 Å². The molecule has 0 aromatic heterocycles. The predicted molar refractivity (Wildman–Crippen MR) is 108 cm³/mol. The maximum atomic E-state index is 12.9. The van der Waals surface area contributed by atoms with Gasteiger partial charge in [0.05, 0.1) is 0 Å². The molecular formula is C21H26N4O3. The Morgan fingerprint density at radius 2 is 1.64 bits per heavy atom. The third-order valence-corrected chi connectivity index (χ3v) is 4.83. The average Bonchev–Trinajstić information content (AvgIpc) is 2.70. The van der Waals surface area contributed by atoms with Crippen LogP contribution in [-0.2, 0) is 4.79 Å². The third kappa shape index (κ3) is 4.80. The number of anilines is 1. The van der Waals surface area contributed by atoms with Crippen molar-refractivity contribution >= 4 is 17.6 Å². The number of aromatic hydroxyl groups is 1. The highest BCUT2D eigenvalue weighted by Gasteiger charge is 2.31. The van der Waals surface area contributed by atoms with E-state index < -0.39 is 12.1 Å². The number of nitrogens with zero attached hydrogens (tertiary/aromatic N) is 2. The third-order valence-electron chi connectivity index (χ3n) is 4.83. The molecule has 1 saturated heterocycles. The Hall–Kier alpha value is -3.06. The minimum absolute atomic E-state index is 0.244. The van der Waals surface area contributed by atoms with Gasteiger partial charge in [-0.05, 0) is 36.8 Å². The van der Waals surface area contributed by atoms with Gasteiger partial charge in [0.25, 0.3) is 0 Å². The van der Waals surface area contributed by atoms with E-state index in [1.54, 1.807) is 19.1 Å². The second-order valence-electron chi connectivity index (χ2n) is 6.70. The molecule has 1 fully saturated rings. The lowest BCUT2D eigenvalue weighted by atomic mass is 10.0. The van der Waals surface area contributed by atoms with Crippen molar-refractivity contribution in [2.75, 3.05) is 37.6 Å². The molecule has 0 aliphatic carbocycles. The Balaban J connectivity index is 1.71. The summed E-state index contributed by atoms with van der Waals surface area (Å²) in [6.07, 6.45) is 0. The van der Waals surface area contributed by atoms with Crippen LogP contribution < -0.4 is 15.5 Å². The Bertz CT molecular complexity index is 787. The number of amides is 3. The van der Waals surface area contributed by atoms with Crippen molar-refractivity contribution in [2.24, 2.45) is 0 Å². The fourth-order valence-electron chi connectivity index (χ4n) is 3.45. The second-order valence-corrected chi connectivity index (χ2v) is 6.70. The Morgan fingerprint density at radius 1 is 1.00 bits per heavy atom. The van der Waals surface area contributed by atoms with Crippen molar-refractivity contribution in [2.45, 2.75) is 13.0 Å². The highest BCUT2D eigenvalue weighted by molar-refractivity contribution is 5.97. The molecule has 7 nitrogen and oxygen atoms in total. The van der Waals surface area contributed by atoms with Crippen molar-refractivity contribution in [3.8, 4) is 5.75 Å². The van der Waals surface area contributed by atoms with Gasteiger partial charge < -0.3 is 15.3 Å². The number of hydrogen-bond donors (Lipinski definition) is 3. The van der Waals surface area contributed by atoms with Crippen LogP contribution in [0.15, 0.2) is 54.6 Å². The van der Waals surface area contributed by atoms with Gasteiger partial charge in [0.2, 0.25) is 5.91 Å². The zero-order chi connectivity index (χ0) is 19.9. The first-order chi connectivity index (χ1) is 13.6. The van der Waals surface area contributed by atoms with E-state index in [0.29, 0.717) is 19.6 Å². The summed E-state index contributed by atoms with van der Waals surface area (Å²) in [7, 11) is 0. The lowest BCUT2D eigenvalue weighted by molar-refractivity contribution is -0.125. The van der Waals surface area contributed by atoms with Gasteiger partial charge in [-0.1, -0.05) is 30.3 Å². The molecule has 1 aliphatic heterocycles. The maximum Gasteiger partial charge on any atom is 0.321 e. The van der Waals surface area contributed by atoms with Gasteiger partial charge in [0.1, 0.15) is 11.8 Å². The first kappa shape index (κ1) is 19.7. The van der Waals surface area contributed by atoms with Crippen molar-refractivity contribution in [3.05, 3.63) is 60.2 Å². The second kappa shape index (κ2) is 9.23. The smallest absolute Gasteiger partial charge is 0.321 e. The number of carbonyl (C=O) groups excluding carboxylic acids is 2. The van der Waals surface area contributed by atoms with Crippen LogP contribution in [0, 0.1) is 0 Å². The van der Waals surface area contributed by atoms with Crippen molar-refractivity contribution in [1.82, 2.24) is 15.5 Å². The van der Waals surface area contributed by atoms with Gasteiger partial charge in [0.15, 0.2) is 0 Å². The quantitative estimate of drug-likeness (QED) is 0.738. The number of rotatable bonds is 5. The number of benzene rings is 2. The molecule has 2 aromatic carbocycles. The molecular weight excluding hydrogens is 356 g/mol. The number of hydrogen-bond acceptors (Lipinski definition) is 5. The molecule has 3 N–H and O–H groups in total. The molecule has 2 aromatic rings. The van der Waals surface area contributed by atoms with Crippen LogP contribution in [0.25, 0.3) is 0 Å². The van der Waals surface area contributed by atoms with Crippen molar-refractivity contribution in [3.63, 3.8) is 0 Å². The van der Waals surface area contributed by atoms with Crippen LogP contribution in [0.1, 0.15) is 18.5 Å². The molecule has 1 atom stereocenters. The summed E-state index contributed by atoms with van der Waals surface area (Å²) in [6, 6.07) is 15.7. The van der Waals surface area contributed by atoms with E-state index in [4.69, 9.17) is 0 Å². The fourth-order valence-corrected chi connectivity index (χ4v) is 3.45. The normalized spacial score (nSPS) is 15.7. The van der Waals surface area contributed by atoms with E-state index in [-0.39, 0.29) is 11.7 Å². The summed E-state index contributed by atoms with van der Waals surface area (Å²) in [5.74, 6) is -0.0798. The molecule has 0 bridgehead atoms. The Labute approximate surface area is 165 Å². The summed E-state index contributed by atoms with van der Waals surface area (Å²) in [5.41, 5.74) is 1.91. The summed E-state index contributed by atoms with van der Waals surface area (Å²) in [4.78, 5) is 29.0. The van der Waals surface area contributed by atoms with Crippen molar-refractivity contribution < 1.29 is 14.7 Å². The van der Waals surface area contributed by atoms with Gasteiger partial charge in [0, 0.05) is 38.4 Å². The molecule has 3 amide bonds. The summed E-state index contributed by atoms with van der Waals surface area (Å²) < 4.78 is 0. The largest absolute Gasteiger partial charge is 0.508 e. The fraction of sp³-hybridized carbons (Fsp3) is 0.333. The lowest BCUT2D eigenvalue weighted by Crippen LogP contribution is -2.52. The summed E-state index contributed by atoms with van der Waals surface area (Å²) in [5, 5.41) is 14.5. The van der Waals surface area contributed by atoms with Crippen LogP contribution in [0.3, 0.4) is 0 Å². The Morgan fingerprint density at radius 3 is 2.25 bits per heavy atom. The maximum absolute atomic E-state index is 12.9. The molecule has 3 rings (SSSR count). The SMILES string of the molecule is CCNC(=O)NC(=O)[C@@H](c1ccccc1)N1CCN(c2ccc(O)cc2)CC1. The topological polar surface area (TPSA) is 84.9 Å². The molecule has 0 spiro atoms. The van der Waals surface area contributed by atoms with Gasteiger partial charge >= 0.3 is 6.03 Å². The van der Waals surface area contributed by atoms with Gasteiger partial charge in [-0.15, -0.1) is 0 Å². The Kier molecular flexibility index (Phi) is 6.49. The molecule has 1 aliphatic rings. The van der Waals surface area contributed by atoms with Gasteiger partial charge in [-0.2, -0.15) is 0 Å². The first-order valence-corrected chi connectivity index (χ1v) is 9.50. The number of phenolic OH excluding ortho intramolecular Hbond substituents is 1. The van der Waals surface area contributed by atoms with Gasteiger partial charge in [-0.25, -0.2) is 4.79 Å². The molecule has 7 heteroatoms. The number of piperazine rings is 1. The summed E-state index contributed by atoms with van der Waals surface area (Å²) >= 11 is 0. The standard InChI is InChI=1S/C21H26N4O3/c1-2-22-21(28)23-20(27)19(16-6-4-3-5-7-16)25-14-12-24(13-15-25)17-8-10-18(26)11-9-17/h3-11,19,26H,2,12-15H2,1H3,(H2,22,23,27,28)/t19-/m1/s1. The summed E-state index contributed by atoms with van der Waals surface area (Å²) in [6.45, 7) is 5.14. The zero-order valence-electron chi connectivity index (χ0n) is 16.0. The van der Waals surface area contributed by atoms with Gasteiger partial charge in [-0.3, -0.25) is 15.0 Å². The molecule has 148 valence electrons. The lowest BCUT2D eigenvalue weighted by Gasteiger charge is -2.39. The van der Waals surface area contributed by atoms with Crippen LogP contribution in [0.4, 0.5) is 10.5 Å². The number of imide groups is 1. The van der Waals surface area contributed by atoms with Crippen LogP contribution in [0.5, 0.6) is 5.75 Å². The molecule has 0 radical (unpaired) electrons. The predicted octanol–water partition coefficient (Wildman–Crippen LogP) is 2.10. The van der Waals surface area contributed by atoms with Crippen molar-refractivity contribution in [1.29, 1.82) is 0 Å². The van der Waals surface area contributed by atoms with E-state index in [2.05, 4.69) is 20.4 Å². The molecule has 0 unspecified atom stereocenters. The average molecular weight is 382 g/mol. The number of carbonyl (C=O) groups is 2. The zero-order valence-corrected chi connectivity index (χ0v) is 16.0. The number of urea groups is 1. The van der Waals surface area contributed by atoms with Crippen LogP contribution in [0.2, 0.25) is 0 Å². The highest BCUT2D eigenvalue weighted by Crippen LogP contribution is 2.25. The highest BCUT2D eigenvalue weighted by atomic mass is 16.3. The molecule has 28 heavy (non-hydrogen) atoms.